The Hall–Kier alpha value is -1.06. The summed E-state index contributed by atoms with van der Waals surface area (Å²) in [7, 11) is 0. The fourth-order valence-electron chi connectivity index (χ4n) is 1.93. The number of nitrogens with two attached hydrogens (primary N) is 1. The summed E-state index contributed by atoms with van der Waals surface area (Å²) in [5, 5.41) is 3.52. The molecule has 1 heterocycles. The topological polar surface area (TPSA) is 47.3 Å². The maximum atomic E-state index is 5.60. The van der Waals surface area contributed by atoms with E-state index in [1.165, 1.54) is 5.56 Å². The first-order valence-electron chi connectivity index (χ1n) is 5.57. The van der Waals surface area contributed by atoms with Gasteiger partial charge >= 0.3 is 0 Å². The van der Waals surface area contributed by atoms with Crippen molar-refractivity contribution in [2.24, 2.45) is 5.73 Å². The summed E-state index contributed by atoms with van der Waals surface area (Å²) >= 11 is 0. The molecule has 0 saturated carbocycles. The Kier molecular flexibility index (Phi) is 3.59. The molecule has 0 bridgehead atoms. The molecule has 0 saturated heterocycles. The zero-order chi connectivity index (χ0) is 10.5. The van der Waals surface area contributed by atoms with Gasteiger partial charge < -0.3 is 15.8 Å². The van der Waals surface area contributed by atoms with Crippen LogP contribution in [0.25, 0.3) is 0 Å². The van der Waals surface area contributed by atoms with E-state index in [-0.39, 0.29) is 0 Å². The van der Waals surface area contributed by atoms with Crippen LogP contribution in [-0.2, 0) is 0 Å². The average Bonchev–Trinajstić information content (AvgIpc) is 2.30. The number of ether oxygens (including phenoxy) is 1. The Labute approximate surface area is 90.6 Å². The third-order valence-electron chi connectivity index (χ3n) is 2.73. The molecule has 15 heavy (non-hydrogen) atoms. The first-order chi connectivity index (χ1) is 7.42. The average molecular weight is 206 g/mol. The predicted octanol–water partition coefficient (Wildman–Crippen LogP) is 1.45. The molecule has 0 fully saturated rings. The van der Waals surface area contributed by atoms with Crippen LogP contribution in [0.15, 0.2) is 24.3 Å². The molecule has 3 heteroatoms. The van der Waals surface area contributed by atoms with Gasteiger partial charge in [-0.1, -0.05) is 18.2 Å². The lowest BCUT2D eigenvalue weighted by Gasteiger charge is -2.26. The van der Waals surface area contributed by atoms with Crippen molar-refractivity contribution in [3.63, 3.8) is 0 Å². The summed E-state index contributed by atoms with van der Waals surface area (Å²) in [5.74, 6) is 1.02. The fourth-order valence-corrected chi connectivity index (χ4v) is 1.93. The van der Waals surface area contributed by atoms with Crippen LogP contribution in [0.1, 0.15) is 24.4 Å². The van der Waals surface area contributed by atoms with Crippen LogP contribution >= 0.6 is 0 Å². The van der Waals surface area contributed by atoms with Crippen molar-refractivity contribution in [2.45, 2.75) is 18.9 Å². The summed E-state index contributed by atoms with van der Waals surface area (Å²) < 4.78 is 5.60. The molecule has 1 unspecified atom stereocenters. The molecule has 0 radical (unpaired) electrons. The van der Waals surface area contributed by atoms with Crippen molar-refractivity contribution in [3.05, 3.63) is 29.8 Å². The van der Waals surface area contributed by atoms with E-state index in [4.69, 9.17) is 10.5 Å². The summed E-state index contributed by atoms with van der Waals surface area (Å²) in [4.78, 5) is 0. The van der Waals surface area contributed by atoms with E-state index in [1.54, 1.807) is 0 Å². The molecule has 2 rings (SSSR count). The van der Waals surface area contributed by atoms with Crippen LogP contribution < -0.4 is 15.8 Å². The van der Waals surface area contributed by atoms with Gasteiger partial charge in [0, 0.05) is 18.0 Å². The van der Waals surface area contributed by atoms with Crippen LogP contribution in [0.4, 0.5) is 0 Å². The molecule has 0 aromatic heterocycles. The van der Waals surface area contributed by atoms with Crippen LogP contribution in [0.3, 0.4) is 0 Å². The molecule has 0 aliphatic carbocycles. The third kappa shape index (κ3) is 2.49. The molecule has 0 amide bonds. The molecule has 1 aromatic rings. The van der Waals surface area contributed by atoms with E-state index < -0.39 is 0 Å². The second kappa shape index (κ2) is 5.14. The standard InChI is InChI=1S/C12H18N2O/c13-7-3-8-14-11-6-9-15-12-5-2-1-4-10(11)12/h1-2,4-5,11,14H,3,6-9,13H2. The predicted molar refractivity (Wildman–Crippen MR) is 61.0 cm³/mol. The maximum absolute atomic E-state index is 5.60. The van der Waals surface area contributed by atoms with E-state index in [9.17, 15) is 0 Å². The van der Waals surface area contributed by atoms with Crippen LogP contribution in [0.5, 0.6) is 5.75 Å². The van der Waals surface area contributed by atoms with Crippen LogP contribution in [-0.4, -0.2) is 19.7 Å². The number of benzene rings is 1. The Bertz CT molecular complexity index is 314. The lowest BCUT2D eigenvalue weighted by atomic mass is 10.0. The minimum atomic E-state index is 0.432. The van der Waals surface area contributed by atoms with E-state index >= 15 is 0 Å². The molecular weight excluding hydrogens is 188 g/mol. The van der Waals surface area contributed by atoms with Crippen molar-refractivity contribution in [1.29, 1.82) is 0 Å². The summed E-state index contributed by atoms with van der Waals surface area (Å²) in [5.41, 5.74) is 6.75. The number of para-hydroxylation sites is 1. The van der Waals surface area contributed by atoms with Crippen molar-refractivity contribution in [2.75, 3.05) is 19.7 Å². The van der Waals surface area contributed by atoms with E-state index in [0.29, 0.717) is 6.04 Å². The van der Waals surface area contributed by atoms with Crippen molar-refractivity contribution in [1.82, 2.24) is 5.32 Å². The fraction of sp³-hybridized carbons (Fsp3) is 0.500. The van der Waals surface area contributed by atoms with Crippen LogP contribution in [0, 0.1) is 0 Å². The first-order valence-corrected chi connectivity index (χ1v) is 5.57. The SMILES string of the molecule is NCCCNC1CCOc2ccccc21. The van der Waals surface area contributed by atoms with Gasteiger partial charge in [-0.3, -0.25) is 0 Å². The van der Waals surface area contributed by atoms with E-state index in [1.807, 2.05) is 12.1 Å². The van der Waals surface area contributed by atoms with Crippen molar-refractivity contribution in [3.8, 4) is 5.75 Å². The smallest absolute Gasteiger partial charge is 0.124 e. The van der Waals surface area contributed by atoms with Gasteiger partial charge in [0.25, 0.3) is 0 Å². The zero-order valence-electron chi connectivity index (χ0n) is 8.91. The highest BCUT2D eigenvalue weighted by molar-refractivity contribution is 5.37. The Morgan fingerprint density at radius 2 is 2.27 bits per heavy atom. The molecule has 3 nitrogen and oxygen atoms in total. The largest absolute Gasteiger partial charge is 0.493 e. The van der Waals surface area contributed by atoms with Gasteiger partial charge in [0.05, 0.1) is 6.61 Å². The number of fused-ring (bicyclic) bond motifs is 1. The van der Waals surface area contributed by atoms with E-state index in [2.05, 4.69) is 17.4 Å². The summed E-state index contributed by atoms with van der Waals surface area (Å²) in [6.07, 6.45) is 2.07. The van der Waals surface area contributed by atoms with Crippen LogP contribution in [0.2, 0.25) is 0 Å². The van der Waals surface area contributed by atoms with Gasteiger partial charge in [0.15, 0.2) is 0 Å². The number of hydrogen-bond acceptors (Lipinski definition) is 3. The van der Waals surface area contributed by atoms with Gasteiger partial charge in [0.1, 0.15) is 5.75 Å². The molecule has 1 atom stereocenters. The highest BCUT2D eigenvalue weighted by Crippen LogP contribution is 2.31. The van der Waals surface area contributed by atoms with Gasteiger partial charge in [-0.05, 0) is 25.6 Å². The molecule has 1 aliphatic heterocycles. The Morgan fingerprint density at radius 3 is 3.13 bits per heavy atom. The highest BCUT2D eigenvalue weighted by Gasteiger charge is 2.19. The van der Waals surface area contributed by atoms with Gasteiger partial charge in [-0.15, -0.1) is 0 Å². The Morgan fingerprint density at radius 1 is 1.40 bits per heavy atom. The van der Waals surface area contributed by atoms with Gasteiger partial charge in [0.2, 0.25) is 0 Å². The quantitative estimate of drug-likeness (QED) is 0.733. The molecule has 3 N–H and O–H groups in total. The normalized spacial score (nSPS) is 19.4. The second-order valence-electron chi connectivity index (χ2n) is 3.82. The van der Waals surface area contributed by atoms with Gasteiger partial charge in [-0.25, -0.2) is 0 Å². The lowest BCUT2D eigenvalue weighted by Crippen LogP contribution is -2.28. The van der Waals surface area contributed by atoms with Gasteiger partial charge in [-0.2, -0.15) is 0 Å². The second-order valence-corrected chi connectivity index (χ2v) is 3.82. The molecule has 82 valence electrons. The summed E-state index contributed by atoms with van der Waals surface area (Å²) in [6.45, 7) is 2.53. The highest BCUT2D eigenvalue weighted by atomic mass is 16.5. The van der Waals surface area contributed by atoms with Crippen molar-refractivity contribution >= 4 is 0 Å². The monoisotopic (exact) mass is 206 g/mol. The first kappa shape index (κ1) is 10.5. The minimum Gasteiger partial charge on any atom is -0.493 e. The number of rotatable bonds is 4. The third-order valence-corrected chi connectivity index (χ3v) is 2.73. The van der Waals surface area contributed by atoms with Crippen molar-refractivity contribution < 1.29 is 4.74 Å². The number of hydrogen-bond donors (Lipinski definition) is 2. The molecule has 1 aliphatic rings. The molecule has 0 spiro atoms. The van der Waals surface area contributed by atoms with E-state index in [0.717, 1.165) is 38.3 Å². The lowest BCUT2D eigenvalue weighted by molar-refractivity contribution is 0.253. The molecule has 1 aromatic carbocycles. The maximum Gasteiger partial charge on any atom is 0.124 e. The Balaban J connectivity index is 2.02. The summed E-state index contributed by atoms with van der Waals surface area (Å²) in [6, 6.07) is 8.67. The minimum absolute atomic E-state index is 0.432. The molecular formula is C12H18N2O. The zero-order valence-corrected chi connectivity index (χ0v) is 8.91. The number of nitrogens with one attached hydrogen (secondary N) is 1.